The zero-order valence-corrected chi connectivity index (χ0v) is 8.87. The van der Waals surface area contributed by atoms with Crippen molar-refractivity contribution in [1.29, 1.82) is 0 Å². The maximum Gasteiger partial charge on any atom is 0.383 e. The zero-order valence-electron chi connectivity index (χ0n) is 8.87. The molecule has 1 rings (SSSR count). The number of nitrogens with zero attached hydrogens (tertiary/aromatic N) is 1. The Labute approximate surface area is 102 Å². The molecule has 0 fully saturated rings. The summed E-state index contributed by atoms with van der Waals surface area (Å²) >= 11 is 0. The molecule has 1 aromatic carbocycles. The Hall–Kier alpha value is -2.26. The van der Waals surface area contributed by atoms with Crippen LogP contribution in [0, 0.1) is 15.9 Å². The second-order valence-electron chi connectivity index (χ2n) is 3.30. The quantitative estimate of drug-likeness (QED) is 0.524. The summed E-state index contributed by atoms with van der Waals surface area (Å²) in [6.07, 6.45) is -4.23. The molecule has 104 valence electrons. The van der Waals surface area contributed by atoms with Crippen LogP contribution in [0.1, 0.15) is 0 Å². The third-order valence-electron chi connectivity index (χ3n) is 1.98. The number of nitro groups is 1. The van der Waals surface area contributed by atoms with Crippen LogP contribution in [0.2, 0.25) is 0 Å². The third kappa shape index (κ3) is 3.14. The van der Waals surface area contributed by atoms with Gasteiger partial charge in [0.05, 0.1) is 4.92 Å². The first-order valence-electron chi connectivity index (χ1n) is 4.57. The number of hydrogen-bond acceptors (Lipinski definition) is 3. The lowest BCUT2D eigenvalue weighted by Gasteiger charge is -2.14. The predicted molar refractivity (Wildman–Crippen MR) is 52.6 cm³/mol. The lowest BCUT2D eigenvalue weighted by atomic mass is 10.2. The summed E-state index contributed by atoms with van der Waals surface area (Å²) in [5.41, 5.74) is -1.55. The van der Waals surface area contributed by atoms with Crippen LogP contribution in [-0.2, 0) is 4.79 Å². The van der Waals surface area contributed by atoms with E-state index in [-0.39, 0.29) is 0 Å². The largest absolute Gasteiger partial charge is 0.383 e. The van der Waals surface area contributed by atoms with Crippen molar-refractivity contribution < 1.29 is 31.7 Å². The van der Waals surface area contributed by atoms with Gasteiger partial charge in [-0.2, -0.15) is 13.2 Å². The number of halogens is 5. The SMILES string of the molecule is O=C(Nc1ccc([N+](=O)[O-])c(F)c1)C(F)(F)C(F)F. The second kappa shape index (κ2) is 5.16. The Balaban J connectivity index is 2.93. The Morgan fingerprint density at radius 1 is 1.37 bits per heavy atom. The molecule has 1 amide bonds. The van der Waals surface area contributed by atoms with Crippen LogP contribution in [0.5, 0.6) is 0 Å². The van der Waals surface area contributed by atoms with E-state index >= 15 is 0 Å². The highest BCUT2D eigenvalue weighted by Crippen LogP contribution is 2.26. The minimum Gasteiger partial charge on any atom is -0.321 e. The number of alkyl halides is 4. The van der Waals surface area contributed by atoms with Crippen molar-refractivity contribution in [3.8, 4) is 0 Å². The van der Waals surface area contributed by atoms with Gasteiger partial charge in [-0.3, -0.25) is 14.9 Å². The normalized spacial score (nSPS) is 11.5. The topological polar surface area (TPSA) is 72.2 Å². The lowest BCUT2D eigenvalue weighted by molar-refractivity contribution is -0.387. The highest BCUT2D eigenvalue weighted by atomic mass is 19.3. The number of rotatable bonds is 4. The minimum atomic E-state index is -4.95. The first-order valence-corrected chi connectivity index (χ1v) is 4.57. The van der Waals surface area contributed by atoms with E-state index in [4.69, 9.17) is 0 Å². The van der Waals surface area contributed by atoms with E-state index in [1.54, 1.807) is 0 Å². The molecule has 19 heavy (non-hydrogen) atoms. The Morgan fingerprint density at radius 2 is 1.95 bits per heavy atom. The maximum atomic E-state index is 13.1. The van der Waals surface area contributed by atoms with Crippen molar-refractivity contribution in [2.24, 2.45) is 0 Å². The number of benzene rings is 1. The van der Waals surface area contributed by atoms with E-state index in [2.05, 4.69) is 0 Å². The number of hydrogen-bond donors (Lipinski definition) is 1. The molecule has 0 bridgehead atoms. The predicted octanol–water partition coefficient (Wildman–Crippen LogP) is 2.57. The summed E-state index contributed by atoms with van der Waals surface area (Å²) in [5, 5.41) is 11.6. The maximum absolute atomic E-state index is 13.1. The first kappa shape index (κ1) is 14.8. The molecule has 0 saturated carbocycles. The number of anilines is 1. The standard InChI is InChI=1S/C9H5F5N2O3/c10-5-3-4(1-2-6(5)16(18)19)15-8(17)9(13,14)7(11)12/h1-3,7H,(H,15,17). The van der Waals surface area contributed by atoms with Gasteiger partial charge < -0.3 is 5.32 Å². The Morgan fingerprint density at radius 3 is 2.37 bits per heavy atom. The lowest BCUT2D eigenvalue weighted by Crippen LogP contribution is -2.41. The van der Waals surface area contributed by atoms with Crippen LogP contribution in [0.25, 0.3) is 0 Å². The van der Waals surface area contributed by atoms with Gasteiger partial charge in [0, 0.05) is 17.8 Å². The van der Waals surface area contributed by atoms with Gasteiger partial charge in [0.2, 0.25) is 5.82 Å². The number of carbonyl (C=O) groups is 1. The Kier molecular flexibility index (Phi) is 4.02. The molecule has 1 aromatic rings. The van der Waals surface area contributed by atoms with Gasteiger partial charge >= 0.3 is 23.9 Å². The van der Waals surface area contributed by atoms with E-state index in [1.807, 2.05) is 0 Å². The number of nitrogens with one attached hydrogen (secondary N) is 1. The van der Waals surface area contributed by atoms with Crippen molar-refractivity contribution >= 4 is 17.3 Å². The molecular formula is C9H5F5N2O3. The van der Waals surface area contributed by atoms with Crippen LogP contribution in [0.4, 0.5) is 33.3 Å². The van der Waals surface area contributed by atoms with Gasteiger partial charge in [-0.15, -0.1) is 0 Å². The molecule has 0 aliphatic rings. The molecule has 0 radical (unpaired) electrons. The number of nitro benzene ring substituents is 1. The van der Waals surface area contributed by atoms with Gasteiger partial charge in [0.15, 0.2) is 0 Å². The molecule has 0 aliphatic heterocycles. The van der Waals surface area contributed by atoms with Crippen molar-refractivity contribution in [3.05, 3.63) is 34.1 Å². The molecule has 0 heterocycles. The summed E-state index contributed by atoms with van der Waals surface area (Å²) in [4.78, 5) is 20.0. The van der Waals surface area contributed by atoms with Crippen LogP contribution >= 0.6 is 0 Å². The average Bonchev–Trinajstić information content (AvgIpc) is 2.28. The van der Waals surface area contributed by atoms with Gasteiger partial charge in [0.25, 0.3) is 0 Å². The fraction of sp³-hybridized carbons (Fsp3) is 0.222. The zero-order chi connectivity index (χ0) is 14.8. The summed E-state index contributed by atoms with van der Waals surface area (Å²) in [5.74, 6) is -8.68. The monoisotopic (exact) mass is 284 g/mol. The Bertz CT molecular complexity index is 521. The molecule has 0 atom stereocenters. The molecule has 10 heteroatoms. The average molecular weight is 284 g/mol. The molecule has 0 spiro atoms. The number of amides is 1. The summed E-state index contributed by atoms with van der Waals surface area (Å²) in [7, 11) is 0. The van der Waals surface area contributed by atoms with Crippen LogP contribution in [0.3, 0.4) is 0 Å². The smallest absolute Gasteiger partial charge is 0.321 e. The van der Waals surface area contributed by atoms with Gasteiger partial charge in [-0.1, -0.05) is 0 Å². The third-order valence-corrected chi connectivity index (χ3v) is 1.98. The van der Waals surface area contributed by atoms with E-state index in [9.17, 15) is 36.9 Å². The van der Waals surface area contributed by atoms with Gasteiger partial charge in [0.1, 0.15) is 0 Å². The second-order valence-corrected chi connectivity index (χ2v) is 3.30. The van der Waals surface area contributed by atoms with Gasteiger partial charge in [-0.05, 0) is 6.07 Å². The molecule has 0 aliphatic carbocycles. The highest BCUT2D eigenvalue weighted by Gasteiger charge is 2.49. The van der Waals surface area contributed by atoms with Gasteiger partial charge in [-0.25, -0.2) is 8.78 Å². The van der Waals surface area contributed by atoms with Crippen molar-refractivity contribution in [3.63, 3.8) is 0 Å². The summed E-state index contributed by atoms with van der Waals surface area (Å²) in [6, 6.07) is 1.71. The number of carbonyl (C=O) groups excluding carboxylic acids is 1. The molecular weight excluding hydrogens is 279 g/mol. The van der Waals surface area contributed by atoms with Crippen molar-refractivity contribution in [1.82, 2.24) is 0 Å². The molecule has 5 nitrogen and oxygen atoms in total. The minimum absolute atomic E-state index is 0.373. The van der Waals surface area contributed by atoms with Crippen LogP contribution < -0.4 is 5.32 Å². The molecule has 0 saturated heterocycles. The van der Waals surface area contributed by atoms with Crippen LogP contribution in [-0.4, -0.2) is 23.2 Å². The summed E-state index contributed by atoms with van der Waals surface area (Å²) < 4.78 is 61.9. The molecule has 0 aromatic heterocycles. The fourth-order valence-corrected chi connectivity index (χ4v) is 1.05. The van der Waals surface area contributed by atoms with E-state index < -0.39 is 40.4 Å². The summed E-state index contributed by atoms with van der Waals surface area (Å²) in [6.45, 7) is 0. The first-order chi connectivity index (χ1) is 8.66. The highest BCUT2D eigenvalue weighted by molar-refractivity contribution is 5.96. The van der Waals surface area contributed by atoms with Crippen molar-refractivity contribution in [2.45, 2.75) is 12.3 Å². The molecule has 0 unspecified atom stereocenters. The molecule has 1 N–H and O–H groups in total. The van der Waals surface area contributed by atoms with E-state index in [1.165, 1.54) is 5.32 Å². The fourth-order valence-electron chi connectivity index (χ4n) is 1.05. The van der Waals surface area contributed by atoms with E-state index in [0.29, 0.717) is 12.1 Å². The van der Waals surface area contributed by atoms with Crippen molar-refractivity contribution in [2.75, 3.05) is 5.32 Å². The van der Waals surface area contributed by atoms with E-state index in [0.717, 1.165) is 6.07 Å². The van der Waals surface area contributed by atoms with Crippen LogP contribution in [0.15, 0.2) is 18.2 Å².